The molecule has 2 atom stereocenters. The number of halogens is 2. The molecule has 0 heterocycles. The van der Waals surface area contributed by atoms with Crippen LogP contribution in [0.15, 0.2) is 34.9 Å². The first-order valence-electron chi connectivity index (χ1n) is 10.7. The van der Waals surface area contributed by atoms with Gasteiger partial charge in [-0.1, -0.05) is 26.0 Å². The van der Waals surface area contributed by atoms with Crippen LogP contribution in [0, 0.1) is 39.5 Å². The molecule has 28 heavy (non-hydrogen) atoms. The van der Waals surface area contributed by atoms with Crippen LogP contribution in [0.4, 0.5) is 8.78 Å². The van der Waals surface area contributed by atoms with Crippen LogP contribution in [-0.2, 0) is 0 Å². The standard InChI is InChI=1S/C10H14.2C8H13F/c1-7-5-6-8(2)10(4)9(7)3;2*1-6-3-4-7(2)8(9)5-6/h5-6H,1-4H3;2*6H,3-5H2,1-2H3. The predicted octanol–water partition coefficient (Wildman–Crippen LogP) is 9.02. The third kappa shape index (κ3) is 7.89. The lowest BCUT2D eigenvalue weighted by Crippen LogP contribution is -2.02. The van der Waals surface area contributed by atoms with Crippen molar-refractivity contribution in [2.45, 2.75) is 93.9 Å². The molecule has 0 aliphatic heterocycles. The lowest BCUT2D eigenvalue weighted by atomic mass is 9.91. The van der Waals surface area contributed by atoms with E-state index >= 15 is 0 Å². The molecule has 0 saturated carbocycles. The van der Waals surface area contributed by atoms with Gasteiger partial charge in [-0.3, -0.25) is 0 Å². The molecule has 0 amide bonds. The van der Waals surface area contributed by atoms with Gasteiger partial charge in [-0.25, -0.2) is 8.78 Å². The summed E-state index contributed by atoms with van der Waals surface area (Å²) in [7, 11) is 0. The second kappa shape index (κ2) is 11.5. The number of benzene rings is 1. The van der Waals surface area contributed by atoms with E-state index in [4.69, 9.17) is 0 Å². The fourth-order valence-electron chi connectivity index (χ4n) is 3.45. The molecule has 2 unspecified atom stereocenters. The molecule has 0 saturated heterocycles. The van der Waals surface area contributed by atoms with Crippen molar-refractivity contribution in [3.05, 3.63) is 57.2 Å². The second-order valence-electron chi connectivity index (χ2n) is 9.02. The van der Waals surface area contributed by atoms with E-state index in [0.29, 0.717) is 24.7 Å². The maximum Gasteiger partial charge on any atom is 0.0991 e. The van der Waals surface area contributed by atoms with Gasteiger partial charge in [0.1, 0.15) is 0 Å². The van der Waals surface area contributed by atoms with Crippen molar-refractivity contribution in [3.8, 4) is 0 Å². The van der Waals surface area contributed by atoms with E-state index in [1.54, 1.807) is 0 Å². The maximum absolute atomic E-state index is 12.7. The molecule has 2 aliphatic carbocycles. The van der Waals surface area contributed by atoms with E-state index in [1.165, 1.54) is 35.1 Å². The molecule has 3 rings (SSSR count). The Morgan fingerprint density at radius 1 is 0.643 bits per heavy atom. The third-order valence-electron chi connectivity index (χ3n) is 6.33. The molecule has 0 nitrogen and oxygen atoms in total. The number of allylic oxidation sites excluding steroid dienone is 4. The minimum absolute atomic E-state index is 0.133. The van der Waals surface area contributed by atoms with Crippen molar-refractivity contribution < 1.29 is 8.78 Å². The Labute approximate surface area is 172 Å². The highest BCUT2D eigenvalue weighted by molar-refractivity contribution is 5.37. The zero-order chi connectivity index (χ0) is 21.4. The lowest BCUT2D eigenvalue weighted by Gasteiger charge is -2.17. The average molecular weight is 391 g/mol. The fourth-order valence-corrected chi connectivity index (χ4v) is 3.45. The topological polar surface area (TPSA) is 0 Å². The van der Waals surface area contributed by atoms with Crippen molar-refractivity contribution in [3.63, 3.8) is 0 Å². The lowest BCUT2D eigenvalue weighted by molar-refractivity contribution is 0.422. The summed E-state index contributed by atoms with van der Waals surface area (Å²) < 4.78 is 25.4. The van der Waals surface area contributed by atoms with E-state index in [2.05, 4.69) is 53.7 Å². The Kier molecular flexibility index (Phi) is 10.1. The van der Waals surface area contributed by atoms with Gasteiger partial charge < -0.3 is 0 Å². The molecular formula is C26H40F2. The zero-order valence-corrected chi connectivity index (χ0v) is 19.3. The summed E-state index contributed by atoms with van der Waals surface area (Å²) in [6.45, 7) is 16.7. The zero-order valence-electron chi connectivity index (χ0n) is 19.3. The number of hydrogen-bond donors (Lipinski definition) is 0. The Morgan fingerprint density at radius 2 is 0.964 bits per heavy atom. The monoisotopic (exact) mass is 390 g/mol. The van der Waals surface area contributed by atoms with E-state index in [-0.39, 0.29) is 11.7 Å². The van der Waals surface area contributed by atoms with Crippen LogP contribution in [0.3, 0.4) is 0 Å². The first-order valence-corrected chi connectivity index (χ1v) is 10.7. The molecule has 158 valence electrons. The largest absolute Gasteiger partial charge is 0.212 e. The van der Waals surface area contributed by atoms with Gasteiger partial charge in [-0.15, -0.1) is 0 Å². The Hall–Kier alpha value is -1.44. The van der Waals surface area contributed by atoms with Crippen molar-refractivity contribution >= 4 is 0 Å². The van der Waals surface area contributed by atoms with Gasteiger partial charge in [0.25, 0.3) is 0 Å². The molecule has 2 aliphatic rings. The van der Waals surface area contributed by atoms with Gasteiger partial charge in [0.2, 0.25) is 0 Å². The van der Waals surface area contributed by atoms with Gasteiger partial charge >= 0.3 is 0 Å². The molecule has 0 aromatic heterocycles. The smallest absolute Gasteiger partial charge is 0.0991 e. The first-order chi connectivity index (χ1) is 13.0. The third-order valence-corrected chi connectivity index (χ3v) is 6.33. The molecule has 0 radical (unpaired) electrons. The highest BCUT2D eigenvalue weighted by atomic mass is 19.1. The van der Waals surface area contributed by atoms with Gasteiger partial charge in [0.15, 0.2) is 0 Å². The van der Waals surface area contributed by atoms with Crippen molar-refractivity contribution in [1.82, 2.24) is 0 Å². The van der Waals surface area contributed by atoms with Crippen LogP contribution in [-0.4, -0.2) is 0 Å². The van der Waals surface area contributed by atoms with Gasteiger partial charge in [-0.2, -0.15) is 0 Å². The number of rotatable bonds is 0. The van der Waals surface area contributed by atoms with Crippen LogP contribution in [0.25, 0.3) is 0 Å². The normalized spacial score (nSPS) is 22.2. The average Bonchev–Trinajstić information content (AvgIpc) is 2.64. The Bertz CT molecular complexity index is 648. The number of aryl methyl sites for hydroxylation is 2. The summed E-state index contributed by atoms with van der Waals surface area (Å²) in [5.41, 5.74) is 7.58. The van der Waals surface area contributed by atoms with E-state index < -0.39 is 0 Å². The molecular weight excluding hydrogens is 350 g/mol. The van der Waals surface area contributed by atoms with Crippen LogP contribution >= 0.6 is 0 Å². The molecule has 1 aromatic rings. The molecule has 2 heteroatoms. The summed E-state index contributed by atoms with van der Waals surface area (Å²) in [6, 6.07) is 4.36. The first kappa shape index (κ1) is 24.6. The van der Waals surface area contributed by atoms with Crippen LogP contribution in [0.1, 0.15) is 88.5 Å². The summed E-state index contributed by atoms with van der Waals surface area (Å²) >= 11 is 0. The van der Waals surface area contributed by atoms with Crippen LogP contribution < -0.4 is 0 Å². The van der Waals surface area contributed by atoms with E-state index in [0.717, 1.165) is 24.0 Å². The van der Waals surface area contributed by atoms with Crippen molar-refractivity contribution in [1.29, 1.82) is 0 Å². The summed E-state index contributed by atoms with van der Waals surface area (Å²) in [5.74, 6) is 1.39. The fraction of sp³-hybridized carbons (Fsp3) is 0.615. The van der Waals surface area contributed by atoms with Crippen LogP contribution in [0.5, 0.6) is 0 Å². The second-order valence-corrected chi connectivity index (χ2v) is 9.02. The minimum Gasteiger partial charge on any atom is -0.212 e. The Balaban J connectivity index is 0.000000210. The van der Waals surface area contributed by atoms with Gasteiger partial charge in [0, 0.05) is 12.8 Å². The van der Waals surface area contributed by atoms with Crippen LogP contribution in [0.2, 0.25) is 0 Å². The summed E-state index contributed by atoms with van der Waals surface area (Å²) in [5, 5.41) is 0. The molecule has 1 aromatic carbocycles. The van der Waals surface area contributed by atoms with E-state index in [9.17, 15) is 8.78 Å². The molecule has 0 bridgehead atoms. The molecule has 0 fully saturated rings. The molecule has 0 N–H and O–H groups in total. The minimum atomic E-state index is 0.133. The van der Waals surface area contributed by atoms with E-state index in [1.807, 2.05) is 13.8 Å². The highest BCUT2D eigenvalue weighted by Gasteiger charge is 2.14. The Morgan fingerprint density at radius 3 is 1.21 bits per heavy atom. The van der Waals surface area contributed by atoms with Crippen molar-refractivity contribution in [2.24, 2.45) is 11.8 Å². The van der Waals surface area contributed by atoms with Crippen molar-refractivity contribution in [2.75, 3.05) is 0 Å². The predicted molar refractivity (Wildman–Crippen MR) is 119 cm³/mol. The summed E-state index contributed by atoms with van der Waals surface area (Å²) in [4.78, 5) is 0. The van der Waals surface area contributed by atoms with Gasteiger partial charge in [-0.05, 0) is 112 Å². The van der Waals surface area contributed by atoms with Gasteiger partial charge in [0.05, 0.1) is 11.7 Å². The summed E-state index contributed by atoms with van der Waals surface area (Å²) in [6.07, 6.45) is 5.61. The quantitative estimate of drug-likeness (QED) is 0.414. The SMILES string of the molecule is CC1=C(F)CC(C)CC1.CC1=C(F)CC(C)CC1.Cc1ccc(C)c(C)c1C. The maximum atomic E-state index is 12.7. The molecule has 0 spiro atoms. The number of hydrogen-bond acceptors (Lipinski definition) is 0. The highest BCUT2D eigenvalue weighted by Crippen LogP contribution is 2.29.